The van der Waals surface area contributed by atoms with Gasteiger partial charge < -0.3 is 26.2 Å². The van der Waals surface area contributed by atoms with Crippen molar-refractivity contribution in [2.24, 2.45) is 11.7 Å². The molecule has 0 aromatic rings. The minimum Gasteiger partial charge on any atom is -0.481 e. The van der Waals surface area contributed by atoms with Gasteiger partial charge in [0.2, 0.25) is 0 Å². The molecule has 8 nitrogen and oxygen atoms in total. The van der Waals surface area contributed by atoms with E-state index in [4.69, 9.17) is 15.9 Å². The van der Waals surface area contributed by atoms with E-state index in [1.807, 2.05) is 6.92 Å². The molecule has 0 amide bonds. The maximum absolute atomic E-state index is 11.7. The average molecular weight is 420 g/mol. The van der Waals surface area contributed by atoms with Crippen LogP contribution in [0.25, 0.3) is 0 Å². The Balaban J connectivity index is 0. The molecular weight excluding hydrogens is 378 g/mol. The summed E-state index contributed by atoms with van der Waals surface area (Å²) < 4.78 is 0. The van der Waals surface area contributed by atoms with Gasteiger partial charge >= 0.3 is 11.9 Å². The number of hydrogen-bond acceptors (Lipinski definition) is 6. The van der Waals surface area contributed by atoms with Crippen LogP contribution in [0.3, 0.4) is 0 Å². The monoisotopic (exact) mass is 419 g/mol. The predicted molar refractivity (Wildman–Crippen MR) is 111 cm³/mol. The lowest BCUT2D eigenvalue weighted by atomic mass is 9.86. The van der Waals surface area contributed by atoms with Crippen molar-refractivity contribution in [1.29, 1.82) is 0 Å². The van der Waals surface area contributed by atoms with Crippen molar-refractivity contribution < 1.29 is 34.8 Å². The molecule has 0 radical (unpaired) electrons. The van der Waals surface area contributed by atoms with Crippen LogP contribution in [0.1, 0.15) is 97.3 Å². The smallest absolute Gasteiger partial charge is 0.303 e. The molecule has 0 saturated heterocycles. The minimum absolute atomic E-state index is 0.0628. The SMILES string of the molecule is CCCCCCCCC(O)(O)C(CCC)C(=O)CN.O=C(O)CCCCC(=O)O. The highest BCUT2D eigenvalue weighted by Gasteiger charge is 2.37. The summed E-state index contributed by atoms with van der Waals surface area (Å²) in [6, 6.07) is 0. The van der Waals surface area contributed by atoms with Gasteiger partial charge in [-0.1, -0.05) is 52.4 Å². The maximum Gasteiger partial charge on any atom is 0.303 e. The highest BCUT2D eigenvalue weighted by atomic mass is 16.5. The average Bonchev–Trinajstić information content (AvgIpc) is 2.65. The molecule has 172 valence electrons. The number of ketones is 1. The number of carbonyl (C=O) groups is 3. The van der Waals surface area contributed by atoms with Gasteiger partial charge in [0.1, 0.15) is 0 Å². The molecule has 8 heteroatoms. The largest absolute Gasteiger partial charge is 0.481 e. The predicted octanol–water partition coefficient (Wildman–Crippen LogP) is 3.08. The Labute approximate surface area is 174 Å². The van der Waals surface area contributed by atoms with Crippen molar-refractivity contribution >= 4 is 17.7 Å². The van der Waals surface area contributed by atoms with Gasteiger partial charge in [-0.25, -0.2) is 0 Å². The molecule has 0 fully saturated rings. The second kappa shape index (κ2) is 18.5. The van der Waals surface area contributed by atoms with Gasteiger partial charge in [-0.3, -0.25) is 14.4 Å². The molecular formula is C21H41NO7. The number of aliphatic hydroxyl groups is 2. The van der Waals surface area contributed by atoms with Crippen LogP contribution in [-0.4, -0.2) is 50.5 Å². The zero-order valence-corrected chi connectivity index (χ0v) is 18.1. The zero-order chi connectivity index (χ0) is 22.7. The number of Topliss-reactive ketones (excluding diaryl/α,β-unsaturated/α-hetero) is 1. The Morgan fingerprint density at radius 3 is 1.69 bits per heavy atom. The van der Waals surface area contributed by atoms with Crippen LogP contribution in [-0.2, 0) is 14.4 Å². The van der Waals surface area contributed by atoms with E-state index in [-0.39, 0.29) is 31.6 Å². The highest BCUT2D eigenvalue weighted by molar-refractivity contribution is 5.83. The molecule has 0 aliphatic rings. The molecule has 1 unspecified atom stereocenters. The number of carboxylic acids is 2. The van der Waals surface area contributed by atoms with Gasteiger partial charge in [-0.15, -0.1) is 0 Å². The molecule has 0 spiro atoms. The summed E-state index contributed by atoms with van der Waals surface area (Å²) in [5.41, 5.74) is 5.34. The highest BCUT2D eigenvalue weighted by Crippen LogP contribution is 2.26. The fourth-order valence-corrected chi connectivity index (χ4v) is 2.97. The van der Waals surface area contributed by atoms with Crippen molar-refractivity contribution in [2.45, 2.75) is 103 Å². The summed E-state index contributed by atoms with van der Waals surface area (Å²) in [6.07, 6.45) is 8.98. The van der Waals surface area contributed by atoms with Crippen molar-refractivity contribution in [3.8, 4) is 0 Å². The summed E-state index contributed by atoms with van der Waals surface area (Å²) in [5.74, 6) is -4.62. The second-order valence-corrected chi connectivity index (χ2v) is 7.40. The van der Waals surface area contributed by atoms with E-state index in [0.29, 0.717) is 19.3 Å². The molecule has 0 rings (SSSR count). The van der Waals surface area contributed by atoms with Gasteiger partial charge in [0.25, 0.3) is 0 Å². The standard InChI is InChI=1S/C15H31NO3.C6H10O4/c1-3-5-6-7-8-9-11-15(18,19)13(10-4-2)14(17)12-16;7-5(8)3-1-2-4-6(9)10/h13,18-19H,3-12,16H2,1-2H3;1-4H2,(H,7,8)(H,9,10). The van der Waals surface area contributed by atoms with Crippen LogP contribution >= 0.6 is 0 Å². The van der Waals surface area contributed by atoms with Gasteiger partial charge in [0.15, 0.2) is 11.6 Å². The molecule has 0 bridgehead atoms. The summed E-state index contributed by atoms with van der Waals surface area (Å²) in [6.45, 7) is 3.97. The van der Waals surface area contributed by atoms with E-state index in [2.05, 4.69) is 6.92 Å². The number of rotatable bonds is 17. The normalized spacial score (nSPS) is 12.0. The summed E-state index contributed by atoms with van der Waals surface area (Å²) in [7, 11) is 0. The van der Waals surface area contributed by atoms with Crippen molar-refractivity contribution in [2.75, 3.05) is 6.54 Å². The quantitative estimate of drug-likeness (QED) is 0.178. The molecule has 0 heterocycles. The molecule has 0 aromatic heterocycles. The number of hydrogen-bond donors (Lipinski definition) is 5. The zero-order valence-electron chi connectivity index (χ0n) is 18.1. The van der Waals surface area contributed by atoms with Crippen LogP contribution in [0.4, 0.5) is 0 Å². The van der Waals surface area contributed by atoms with E-state index in [9.17, 15) is 24.6 Å². The first-order chi connectivity index (χ1) is 13.6. The van der Waals surface area contributed by atoms with Crippen LogP contribution in [0.5, 0.6) is 0 Å². The first-order valence-corrected chi connectivity index (χ1v) is 10.7. The lowest BCUT2D eigenvalue weighted by molar-refractivity contribution is -0.206. The topological polar surface area (TPSA) is 158 Å². The van der Waals surface area contributed by atoms with Crippen LogP contribution in [0.2, 0.25) is 0 Å². The Kier molecular flexibility index (Phi) is 19.0. The van der Waals surface area contributed by atoms with Crippen LogP contribution in [0.15, 0.2) is 0 Å². The van der Waals surface area contributed by atoms with Gasteiger partial charge in [-0.2, -0.15) is 0 Å². The van der Waals surface area contributed by atoms with E-state index in [0.717, 1.165) is 25.7 Å². The Hall–Kier alpha value is -1.51. The Bertz CT molecular complexity index is 436. The maximum atomic E-state index is 11.7. The minimum atomic E-state index is -1.89. The first-order valence-electron chi connectivity index (χ1n) is 10.7. The molecule has 0 aliphatic carbocycles. The van der Waals surface area contributed by atoms with Crippen molar-refractivity contribution in [1.82, 2.24) is 0 Å². The number of nitrogens with two attached hydrogens (primary N) is 1. The molecule has 0 aromatic carbocycles. The summed E-state index contributed by atoms with van der Waals surface area (Å²) in [4.78, 5) is 31.5. The fraction of sp³-hybridized carbons (Fsp3) is 0.857. The molecule has 1 atom stereocenters. The summed E-state index contributed by atoms with van der Waals surface area (Å²) >= 11 is 0. The molecule has 0 aliphatic heterocycles. The third-order valence-corrected chi connectivity index (χ3v) is 4.65. The fourth-order valence-electron chi connectivity index (χ4n) is 2.97. The Morgan fingerprint density at radius 1 is 0.793 bits per heavy atom. The number of aliphatic carboxylic acids is 2. The van der Waals surface area contributed by atoms with Crippen LogP contribution in [0, 0.1) is 5.92 Å². The van der Waals surface area contributed by atoms with E-state index in [1.165, 1.54) is 19.3 Å². The first kappa shape index (κ1) is 29.7. The van der Waals surface area contributed by atoms with Gasteiger partial charge in [0.05, 0.1) is 12.5 Å². The number of carboxylic acid groups (broad SMARTS) is 2. The number of carbonyl (C=O) groups excluding carboxylic acids is 1. The van der Waals surface area contributed by atoms with Gasteiger partial charge in [-0.05, 0) is 25.7 Å². The summed E-state index contributed by atoms with van der Waals surface area (Å²) in [5, 5.41) is 36.4. The lowest BCUT2D eigenvalue weighted by Crippen LogP contribution is -2.44. The second-order valence-electron chi connectivity index (χ2n) is 7.40. The van der Waals surface area contributed by atoms with Crippen molar-refractivity contribution in [3.63, 3.8) is 0 Å². The molecule has 6 N–H and O–H groups in total. The van der Waals surface area contributed by atoms with Gasteiger partial charge in [0, 0.05) is 19.3 Å². The van der Waals surface area contributed by atoms with Crippen LogP contribution < -0.4 is 5.73 Å². The van der Waals surface area contributed by atoms with Crippen molar-refractivity contribution in [3.05, 3.63) is 0 Å². The van der Waals surface area contributed by atoms with E-state index in [1.54, 1.807) is 0 Å². The third-order valence-electron chi connectivity index (χ3n) is 4.65. The third kappa shape index (κ3) is 18.3. The number of unbranched alkanes of at least 4 members (excludes halogenated alkanes) is 6. The molecule has 0 saturated carbocycles. The molecule has 29 heavy (non-hydrogen) atoms. The lowest BCUT2D eigenvalue weighted by Gasteiger charge is -2.30. The Morgan fingerprint density at radius 2 is 1.28 bits per heavy atom. The van der Waals surface area contributed by atoms with E-state index >= 15 is 0 Å². The van der Waals surface area contributed by atoms with E-state index < -0.39 is 23.6 Å².